The molecule has 0 spiro atoms. The third-order valence-electron chi connectivity index (χ3n) is 2.21. The second-order valence-corrected chi connectivity index (χ2v) is 4.65. The molecular formula is C10H4BrClF3NO. The number of alkyl halides is 3. The number of hydrogen-bond donors (Lipinski definition) is 0. The highest BCUT2D eigenvalue weighted by Crippen LogP contribution is 2.32. The van der Waals surface area contributed by atoms with E-state index in [4.69, 9.17) is 11.6 Å². The number of hydrogen-bond acceptors (Lipinski definition) is 1. The lowest BCUT2D eigenvalue weighted by Gasteiger charge is -2.11. The molecule has 17 heavy (non-hydrogen) atoms. The van der Waals surface area contributed by atoms with Gasteiger partial charge in [0, 0.05) is 16.6 Å². The van der Waals surface area contributed by atoms with Gasteiger partial charge in [0.05, 0.1) is 10.4 Å². The van der Waals surface area contributed by atoms with Gasteiger partial charge >= 0.3 is 11.9 Å². The van der Waals surface area contributed by atoms with Crippen LogP contribution in [0.3, 0.4) is 0 Å². The van der Waals surface area contributed by atoms with Crippen LogP contribution in [0.4, 0.5) is 13.2 Å². The van der Waals surface area contributed by atoms with Gasteiger partial charge in [0.25, 0.3) is 0 Å². The first-order valence-electron chi connectivity index (χ1n) is 4.39. The predicted octanol–water partition coefficient (Wildman–Crippen LogP) is 3.91. The van der Waals surface area contributed by atoms with Crippen molar-refractivity contribution in [2.24, 2.45) is 0 Å². The van der Waals surface area contributed by atoms with Crippen molar-refractivity contribution in [3.05, 3.63) is 44.7 Å². The van der Waals surface area contributed by atoms with Gasteiger partial charge < -0.3 is 5.21 Å². The SMILES string of the molecule is [O-][n+]1c(C(F)(F)F)cc(Cl)c2ccc(Br)cc21. The molecule has 0 N–H and O–H groups in total. The van der Waals surface area contributed by atoms with E-state index in [1.165, 1.54) is 12.1 Å². The molecule has 0 atom stereocenters. The number of rotatable bonds is 0. The molecule has 0 bridgehead atoms. The third kappa shape index (κ3) is 2.19. The smallest absolute Gasteiger partial charge is 0.478 e. The van der Waals surface area contributed by atoms with Crippen LogP contribution in [0.2, 0.25) is 5.02 Å². The molecule has 0 aliphatic rings. The number of pyridine rings is 1. The van der Waals surface area contributed by atoms with Crippen molar-refractivity contribution >= 4 is 38.4 Å². The Bertz CT molecular complexity index is 600. The van der Waals surface area contributed by atoms with Gasteiger partial charge in [-0.05, 0) is 12.1 Å². The van der Waals surface area contributed by atoms with Crippen LogP contribution < -0.4 is 4.73 Å². The summed E-state index contributed by atoms with van der Waals surface area (Å²) in [5, 5.41) is 11.8. The van der Waals surface area contributed by atoms with Crippen molar-refractivity contribution < 1.29 is 17.9 Å². The first kappa shape index (κ1) is 12.4. The number of benzene rings is 1. The van der Waals surface area contributed by atoms with Gasteiger partial charge in [-0.3, -0.25) is 0 Å². The largest absolute Gasteiger partial charge is 0.618 e. The first-order chi connectivity index (χ1) is 7.80. The Balaban J connectivity index is 2.88. The van der Waals surface area contributed by atoms with Gasteiger partial charge in [-0.15, -0.1) is 0 Å². The van der Waals surface area contributed by atoms with Gasteiger partial charge in [-0.2, -0.15) is 17.9 Å². The van der Waals surface area contributed by atoms with E-state index < -0.39 is 11.9 Å². The zero-order valence-electron chi connectivity index (χ0n) is 8.05. The zero-order chi connectivity index (χ0) is 12.8. The third-order valence-corrected chi connectivity index (χ3v) is 3.01. The minimum Gasteiger partial charge on any atom is -0.618 e. The van der Waals surface area contributed by atoms with E-state index in [9.17, 15) is 18.4 Å². The van der Waals surface area contributed by atoms with E-state index in [2.05, 4.69) is 15.9 Å². The molecule has 7 heteroatoms. The van der Waals surface area contributed by atoms with Crippen LogP contribution >= 0.6 is 27.5 Å². The fourth-order valence-corrected chi connectivity index (χ4v) is 2.07. The Hall–Kier alpha value is -1.01. The Morgan fingerprint density at radius 2 is 1.88 bits per heavy atom. The lowest BCUT2D eigenvalue weighted by atomic mass is 10.2. The normalized spacial score (nSPS) is 12.1. The fourth-order valence-electron chi connectivity index (χ4n) is 1.46. The van der Waals surface area contributed by atoms with Crippen molar-refractivity contribution in [2.75, 3.05) is 0 Å². The van der Waals surface area contributed by atoms with Gasteiger partial charge in [0.2, 0.25) is 5.52 Å². The van der Waals surface area contributed by atoms with Crippen molar-refractivity contribution in [3.8, 4) is 0 Å². The second-order valence-electron chi connectivity index (χ2n) is 3.33. The minimum absolute atomic E-state index is 0.105. The highest BCUT2D eigenvalue weighted by atomic mass is 79.9. The number of nitrogens with zero attached hydrogens (tertiary/aromatic N) is 1. The van der Waals surface area contributed by atoms with Crippen LogP contribution in [0.5, 0.6) is 0 Å². The summed E-state index contributed by atoms with van der Waals surface area (Å²) in [6.45, 7) is 0. The molecule has 0 amide bonds. The van der Waals surface area contributed by atoms with Gasteiger partial charge in [-0.25, -0.2) is 0 Å². The van der Waals surface area contributed by atoms with Crippen molar-refractivity contribution in [3.63, 3.8) is 0 Å². The zero-order valence-corrected chi connectivity index (χ0v) is 10.4. The standard InChI is InChI=1S/C10H4BrClF3NO/c11-5-1-2-6-7(12)4-9(10(13,14)15)16(17)8(6)3-5/h1-4H. The first-order valence-corrected chi connectivity index (χ1v) is 5.56. The van der Waals surface area contributed by atoms with Crippen LogP contribution in [0.15, 0.2) is 28.7 Å². The molecule has 0 saturated carbocycles. The van der Waals surface area contributed by atoms with Crippen LogP contribution in [0.1, 0.15) is 5.69 Å². The van der Waals surface area contributed by atoms with E-state index in [-0.39, 0.29) is 20.7 Å². The van der Waals surface area contributed by atoms with Crippen LogP contribution in [-0.4, -0.2) is 0 Å². The highest BCUT2D eigenvalue weighted by molar-refractivity contribution is 9.10. The summed E-state index contributed by atoms with van der Waals surface area (Å²) < 4.78 is 38.0. The Morgan fingerprint density at radius 3 is 2.47 bits per heavy atom. The van der Waals surface area contributed by atoms with Gasteiger partial charge in [-0.1, -0.05) is 27.5 Å². The van der Waals surface area contributed by atoms with E-state index in [0.717, 1.165) is 0 Å². The lowest BCUT2D eigenvalue weighted by molar-refractivity contribution is -0.602. The molecule has 1 aromatic heterocycles. The molecule has 1 heterocycles. The van der Waals surface area contributed by atoms with Gasteiger partial charge in [0.1, 0.15) is 0 Å². The molecule has 0 unspecified atom stereocenters. The van der Waals surface area contributed by atoms with E-state index >= 15 is 0 Å². The van der Waals surface area contributed by atoms with E-state index in [1.54, 1.807) is 6.07 Å². The Labute approximate surface area is 107 Å². The molecule has 0 aliphatic carbocycles. The number of aromatic nitrogens is 1. The molecule has 1 aromatic carbocycles. The molecule has 0 aliphatic heterocycles. The van der Waals surface area contributed by atoms with Crippen LogP contribution in [0.25, 0.3) is 10.9 Å². The molecule has 90 valence electrons. The van der Waals surface area contributed by atoms with Crippen LogP contribution in [-0.2, 0) is 6.18 Å². The monoisotopic (exact) mass is 325 g/mol. The summed E-state index contributed by atoms with van der Waals surface area (Å²) >= 11 is 8.81. The average Bonchev–Trinajstić information content (AvgIpc) is 2.21. The summed E-state index contributed by atoms with van der Waals surface area (Å²) in [5.74, 6) is 0. The Morgan fingerprint density at radius 1 is 1.24 bits per heavy atom. The van der Waals surface area contributed by atoms with Crippen molar-refractivity contribution in [2.45, 2.75) is 6.18 Å². The minimum atomic E-state index is -4.73. The van der Waals surface area contributed by atoms with Crippen molar-refractivity contribution in [1.82, 2.24) is 0 Å². The van der Waals surface area contributed by atoms with E-state index in [1.807, 2.05) is 0 Å². The molecule has 0 saturated heterocycles. The maximum absolute atomic E-state index is 12.6. The highest BCUT2D eigenvalue weighted by Gasteiger charge is 2.41. The predicted molar refractivity (Wildman–Crippen MR) is 60.6 cm³/mol. The summed E-state index contributed by atoms with van der Waals surface area (Å²) in [7, 11) is 0. The quantitative estimate of drug-likeness (QED) is 0.533. The number of fused-ring (bicyclic) bond motifs is 1. The maximum atomic E-state index is 12.6. The summed E-state index contributed by atoms with van der Waals surface area (Å²) in [6, 6.07) is 5.01. The molecule has 0 fully saturated rings. The lowest BCUT2D eigenvalue weighted by Crippen LogP contribution is -2.37. The molecule has 2 rings (SSSR count). The fraction of sp³-hybridized carbons (Fsp3) is 0.100. The maximum Gasteiger partial charge on any atom is 0.478 e. The average molecular weight is 326 g/mol. The molecule has 0 radical (unpaired) electrons. The van der Waals surface area contributed by atoms with Gasteiger partial charge in [0.15, 0.2) is 0 Å². The summed E-state index contributed by atoms with van der Waals surface area (Å²) in [5.41, 5.74) is -1.45. The molecule has 2 aromatic rings. The summed E-state index contributed by atoms with van der Waals surface area (Å²) in [6.07, 6.45) is -4.73. The van der Waals surface area contributed by atoms with Crippen molar-refractivity contribution in [1.29, 1.82) is 0 Å². The Kier molecular flexibility index (Phi) is 2.95. The summed E-state index contributed by atoms with van der Waals surface area (Å²) in [4.78, 5) is 0. The second kappa shape index (κ2) is 4.03. The van der Waals surface area contributed by atoms with E-state index in [0.29, 0.717) is 10.5 Å². The topological polar surface area (TPSA) is 26.9 Å². The van der Waals surface area contributed by atoms with Crippen LogP contribution in [0, 0.1) is 5.21 Å². The molecule has 2 nitrogen and oxygen atoms in total. The number of halogens is 5. The molecular weight excluding hydrogens is 322 g/mol.